The van der Waals surface area contributed by atoms with Gasteiger partial charge >= 0.3 is 0 Å². The molecule has 0 radical (unpaired) electrons. The molecule has 2 atom stereocenters. The van der Waals surface area contributed by atoms with E-state index in [1.54, 1.807) is 24.4 Å². The number of halogens is 2. The van der Waals surface area contributed by atoms with Gasteiger partial charge in [-0.2, -0.15) is 0 Å². The smallest absolute Gasteiger partial charge is 0.269 e. The van der Waals surface area contributed by atoms with Crippen LogP contribution in [0.4, 0.5) is 14.5 Å². The topological polar surface area (TPSA) is 81.3 Å². The first-order chi connectivity index (χ1) is 17.0. The number of anilines is 1. The predicted molar refractivity (Wildman–Crippen MR) is 131 cm³/mol. The number of hydrogen-bond donors (Lipinski definition) is 2. The van der Waals surface area contributed by atoms with Crippen LogP contribution in [0.25, 0.3) is 10.8 Å². The van der Waals surface area contributed by atoms with Gasteiger partial charge in [0, 0.05) is 50.4 Å². The quantitative estimate of drug-likeness (QED) is 0.565. The highest BCUT2D eigenvalue weighted by atomic mass is 19.1. The molecule has 0 spiro atoms. The zero-order valence-corrected chi connectivity index (χ0v) is 19.5. The summed E-state index contributed by atoms with van der Waals surface area (Å²) in [6.07, 6.45) is 4.74. The van der Waals surface area contributed by atoms with Crippen molar-refractivity contribution in [1.82, 2.24) is 20.2 Å². The minimum Gasteiger partial charge on any atom is -0.368 e. The van der Waals surface area contributed by atoms with E-state index in [0.29, 0.717) is 11.4 Å². The minimum absolute atomic E-state index is 0.0122. The van der Waals surface area contributed by atoms with Crippen LogP contribution < -0.4 is 15.8 Å². The van der Waals surface area contributed by atoms with Crippen LogP contribution in [0.3, 0.4) is 0 Å². The number of nitrogens with one attached hydrogen (secondary N) is 2. The molecule has 1 saturated carbocycles. The third-order valence-electron chi connectivity index (χ3n) is 7.24. The fourth-order valence-corrected chi connectivity index (χ4v) is 5.39. The van der Waals surface area contributed by atoms with Crippen LogP contribution in [-0.4, -0.2) is 66.2 Å². The number of piperazine rings is 1. The summed E-state index contributed by atoms with van der Waals surface area (Å²) in [6.45, 7) is 2.97. The molecule has 1 aliphatic carbocycles. The first-order valence-electron chi connectivity index (χ1n) is 12.1. The lowest BCUT2D eigenvalue weighted by atomic mass is 10.00. The largest absolute Gasteiger partial charge is 0.368 e. The van der Waals surface area contributed by atoms with Gasteiger partial charge in [-0.1, -0.05) is 12.1 Å². The van der Waals surface area contributed by atoms with E-state index in [1.165, 1.54) is 6.07 Å². The molecule has 3 heterocycles. The van der Waals surface area contributed by atoms with Crippen molar-refractivity contribution in [2.45, 2.75) is 31.2 Å². The summed E-state index contributed by atoms with van der Waals surface area (Å²) < 4.78 is 26.3. The predicted octanol–water partition coefficient (Wildman–Crippen LogP) is 3.22. The summed E-state index contributed by atoms with van der Waals surface area (Å²) >= 11 is 0. The van der Waals surface area contributed by atoms with Crippen LogP contribution in [0.2, 0.25) is 0 Å². The number of alkyl halides is 1. The van der Waals surface area contributed by atoms with Gasteiger partial charge in [-0.3, -0.25) is 14.5 Å². The average Bonchev–Trinajstić information content (AvgIpc) is 3.38. The first kappa shape index (κ1) is 23.4. The van der Waals surface area contributed by atoms with E-state index in [2.05, 4.69) is 25.1 Å². The Morgan fingerprint density at radius 2 is 1.97 bits per heavy atom. The van der Waals surface area contributed by atoms with Gasteiger partial charge in [-0.25, -0.2) is 13.8 Å². The van der Waals surface area contributed by atoms with E-state index in [1.807, 2.05) is 12.1 Å². The molecule has 1 aliphatic heterocycles. The van der Waals surface area contributed by atoms with E-state index in [-0.39, 0.29) is 35.0 Å². The number of fused-ring (bicyclic) bond motifs is 1. The Morgan fingerprint density at radius 3 is 2.71 bits per heavy atom. The summed E-state index contributed by atoms with van der Waals surface area (Å²) in [5.74, 6) is -0.589. The van der Waals surface area contributed by atoms with Gasteiger partial charge in [0.25, 0.3) is 11.5 Å². The normalized spacial score (nSPS) is 20.9. The standard InChI is InChI=1S/C26H29F2N5O2/c27-8-9-29-25(34)22-7-6-20(16-30-22)33-12-10-32(11-13-33)19-5-4-17(14-19)23-15-18-2-1-3-21(28)24(18)26(35)31-23/h1-3,6-7,15-17,19H,4-5,8-14H2,(H,29,34)(H,31,35). The van der Waals surface area contributed by atoms with Crippen molar-refractivity contribution in [3.05, 3.63) is 70.2 Å². The highest BCUT2D eigenvalue weighted by Gasteiger charge is 2.32. The molecule has 2 unspecified atom stereocenters. The van der Waals surface area contributed by atoms with Gasteiger partial charge in [0.15, 0.2) is 0 Å². The van der Waals surface area contributed by atoms with Gasteiger partial charge in [-0.05, 0) is 48.9 Å². The highest BCUT2D eigenvalue weighted by molar-refractivity contribution is 5.92. The zero-order valence-electron chi connectivity index (χ0n) is 19.5. The van der Waals surface area contributed by atoms with Crippen LogP contribution >= 0.6 is 0 Å². The molecule has 9 heteroatoms. The van der Waals surface area contributed by atoms with Crippen LogP contribution in [-0.2, 0) is 0 Å². The molecular formula is C26H29F2N5O2. The number of benzene rings is 1. The first-order valence-corrected chi connectivity index (χ1v) is 12.1. The van der Waals surface area contributed by atoms with Crippen molar-refractivity contribution >= 4 is 22.4 Å². The van der Waals surface area contributed by atoms with Crippen molar-refractivity contribution in [3.63, 3.8) is 0 Å². The summed E-state index contributed by atoms with van der Waals surface area (Å²) in [5.41, 5.74) is 1.80. The number of H-pyrrole nitrogens is 1. The summed E-state index contributed by atoms with van der Waals surface area (Å²) in [5, 5.41) is 3.26. The second-order valence-corrected chi connectivity index (χ2v) is 9.29. The lowest BCUT2D eigenvalue weighted by molar-refractivity contribution is 0.0946. The van der Waals surface area contributed by atoms with Crippen molar-refractivity contribution < 1.29 is 13.6 Å². The van der Waals surface area contributed by atoms with E-state index in [9.17, 15) is 18.4 Å². The number of nitrogens with zero attached hydrogens (tertiary/aromatic N) is 3. The Kier molecular flexibility index (Phi) is 6.77. The van der Waals surface area contributed by atoms with Gasteiger partial charge in [0.2, 0.25) is 0 Å². The van der Waals surface area contributed by atoms with Gasteiger partial charge in [-0.15, -0.1) is 0 Å². The Hall–Kier alpha value is -3.33. The summed E-state index contributed by atoms with van der Waals surface area (Å²) in [4.78, 5) is 36.3. The maximum absolute atomic E-state index is 14.1. The molecule has 1 saturated heterocycles. The highest BCUT2D eigenvalue weighted by Crippen LogP contribution is 2.37. The van der Waals surface area contributed by atoms with Gasteiger partial charge < -0.3 is 15.2 Å². The monoisotopic (exact) mass is 481 g/mol. The maximum Gasteiger partial charge on any atom is 0.269 e. The Morgan fingerprint density at radius 1 is 1.14 bits per heavy atom. The maximum atomic E-state index is 14.1. The number of carbonyl (C=O) groups excluding carboxylic acids is 1. The summed E-state index contributed by atoms with van der Waals surface area (Å²) in [6, 6.07) is 10.7. The van der Waals surface area contributed by atoms with Gasteiger partial charge in [0.1, 0.15) is 18.2 Å². The van der Waals surface area contributed by atoms with Crippen molar-refractivity contribution in [2.75, 3.05) is 44.3 Å². The van der Waals surface area contributed by atoms with Gasteiger partial charge in [0.05, 0.1) is 17.3 Å². The number of aromatic nitrogens is 2. The lowest BCUT2D eigenvalue weighted by Crippen LogP contribution is -2.49. The molecule has 1 aromatic carbocycles. The van der Waals surface area contributed by atoms with Crippen molar-refractivity contribution in [1.29, 1.82) is 0 Å². The molecule has 2 aliphatic rings. The minimum atomic E-state index is -0.601. The molecule has 2 N–H and O–H groups in total. The van der Waals surface area contributed by atoms with E-state index in [4.69, 9.17) is 0 Å². The number of carbonyl (C=O) groups is 1. The summed E-state index contributed by atoms with van der Waals surface area (Å²) in [7, 11) is 0. The Bertz CT molecular complexity index is 1250. The lowest BCUT2D eigenvalue weighted by Gasteiger charge is -2.39. The average molecular weight is 482 g/mol. The number of hydrogen-bond acceptors (Lipinski definition) is 5. The molecule has 0 bridgehead atoms. The van der Waals surface area contributed by atoms with Crippen LogP contribution in [0.15, 0.2) is 47.4 Å². The third kappa shape index (κ3) is 4.91. The zero-order chi connectivity index (χ0) is 24.4. The molecule has 2 fully saturated rings. The number of amides is 1. The molecule has 5 rings (SSSR count). The van der Waals surface area contributed by atoms with Crippen molar-refractivity contribution in [3.8, 4) is 0 Å². The molecular weight excluding hydrogens is 452 g/mol. The Labute approximate surface area is 202 Å². The third-order valence-corrected chi connectivity index (χ3v) is 7.24. The van der Waals surface area contributed by atoms with Crippen LogP contribution in [0, 0.1) is 5.82 Å². The Balaban J connectivity index is 1.18. The number of aromatic amines is 1. The van der Waals surface area contributed by atoms with E-state index < -0.39 is 12.5 Å². The van der Waals surface area contributed by atoms with Crippen LogP contribution in [0.1, 0.15) is 41.4 Å². The molecule has 7 nitrogen and oxygen atoms in total. The fraction of sp³-hybridized carbons (Fsp3) is 0.423. The SMILES string of the molecule is O=C(NCCF)c1ccc(N2CCN(C3CCC(c4cc5cccc(F)c5c(=O)[nH]4)C3)CC2)cn1. The second-order valence-electron chi connectivity index (χ2n) is 9.29. The molecule has 184 valence electrons. The fourth-order valence-electron chi connectivity index (χ4n) is 5.39. The van der Waals surface area contributed by atoms with E-state index in [0.717, 1.165) is 56.8 Å². The number of rotatable bonds is 6. The van der Waals surface area contributed by atoms with E-state index >= 15 is 0 Å². The molecule has 1 amide bonds. The number of pyridine rings is 2. The second kappa shape index (κ2) is 10.1. The van der Waals surface area contributed by atoms with Crippen molar-refractivity contribution in [2.24, 2.45) is 0 Å². The molecule has 35 heavy (non-hydrogen) atoms. The molecule has 3 aromatic rings. The molecule has 2 aromatic heterocycles. The van der Waals surface area contributed by atoms with Crippen LogP contribution in [0.5, 0.6) is 0 Å².